The van der Waals surface area contributed by atoms with Crippen molar-refractivity contribution in [2.75, 3.05) is 38.2 Å². The van der Waals surface area contributed by atoms with Gasteiger partial charge in [-0.25, -0.2) is 9.78 Å². The van der Waals surface area contributed by atoms with E-state index in [1.54, 1.807) is 24.3 Å². The predicted octanol–water partition coefficient (Wildman–Crippen LogP) is 4.33. The lowest BCUT2D eigenvalue weighted by atomic mass is 10.1. The first-order valence-corrected chi connectivity index (χ1v) is 11.1. The smallest absolute Gasteiger partial charge is 0.354 e. The summed E-state index contributed by atoms with van der Waals surface area (Å²) in [4.78, 5) is 21.8. The summed E-state index contributed by atoms with van der Waals surface area (Å²) >= 11 is 0. The second kappa shape index (κ2) is 9.90. The van der Waals surface area contributed by atoms with Gasteiger partial charge >= 0.3 is 5.97 Å². The lowest BCUT2D eigenvalue weighted by Crippen LogP contribution is -2.37. The minimum absolute atomic E-state index is 0.0862. The van der Waals surface area contributed by atoms with E-state index < -0.39 is 5.97 Å². The molecule has 0 bridgehead atoms. The number of aromatic nitrogens is 2. The van der Waals surface area contributed by atoms with Gasteiger partial charge in [0.25, 0.3) is 6.01 Å². The van der Waals surface area contributed by atoms with Crippen molar-refractivity contribution < 1.29 is 23.8 Å². The molecule has 9 heteroatoms. The summed E-state index contributed by atoms with van der Waals surface area (Å²) in [5.41, 5.74) is 3.29. The van der Waals surface area contributed by atoms with Crippen LogP contribution in [0, 0.1) is 0 Å². The van der Waals surface area contributed by atoms with E-state index in [1.165, 1.54) is 17.8 Å². The Labute approximate surface area is 196 Å². The van der Waals surface area contributed by atoms with Crippen molar-refractivity contribution in [1.29, 1.82) is 0 Å². The number of carbonyl (C=O) groups is 1. The Kier molecular flexibility index (Phi) is 6.37. The molecule has 3 heterocycles. The van der Waals surface area contributed by atoms with Gasteiger partial charge in [-0.1, -0.05) is 12.1 Å². The highest BCUT2D eigenvalue weighted by Gasteiger charge is 2.12. The van der Waals surface area contributed by atoms with Crippen LogP contribution in [-0.2, 0) is 11.2 Å². The van der Waals surface area contributed by atoms with Gasteiger partial charge < -0.3 is 24.3 Å². The number of ether oxygens (including phenoxy) is 2. The third-order valence-corrected chi connectivity index (χ3v) is 5.54. The number of carboxylic acid groups (broad SMARTS) is 1. The number of fused-ring (bicyclic) bond motifs is 1. The number of hydrogen-bond donors (Lipinski definition) is 2. The molecule has 2 aromatic heterocycles. The van der Waals surface area contributed by atoms with Gasteiger partial charge in [0, 0.05) is 43.7 Å². The van der Waals surface area contributed by atoms with Crippen LogP contribution in [0.2, 0.25) is 0 Å². The SMILES string of the molecule is O=C(O)c1cc(Oc2ccc3nc(Nc4cccc(CCN5CCOCC5)c4)oc3c2)ccn1. The number of benzene rings is 2. The molecule has 9 nitrogen and oxygen atoms in total. The summed E-state index contributed by atoms with van der Waals surface area (Å²) in [6.45, 7) is 4.57. The van der Waals surface area contributed by atoms with E-state index in [0.29, 0.717) is 28.6 Å². The van der Waals surface area contributed by atoms with E-state index in [0.717, 1.165) is 45.0 Å². The molecule has 174 valence electrons. The highest BCUT2D eigenvalue weighted by atomic mass is 16.5. The number of oxazole rings is 1. The quantitative estimate of drug-likeness (QED) is 0.397. The maximum atomic E-state index is 11.1. The zero-order valence-electron chi connectivity index (χ0n) is 18.4. The standard InChI is InChI=1S/C25H24N4O5/c30-24(31)22-15-20(6-8-26-22)33-19-4-5-21-23(16-19)34-25(28-21)27-18-3-1-2-17(14-18)7-9-29-10-12-32-13-11-29/h1-6,8,14-16H,7,9-13H2,(H,27,28)(H,30,31). The number of aromatic carboxylic acids is 1. The molecule has 1 aliphatic heterocycles. The van der Waals surface area contributed by atoms with Gasteiger partial charge in [-0.05, 0) is 42.3 Å². The fourth-order valence-corrected chi connectivity index (χ4v) is 3.79. The minimum atomic E-state index is -1.11. The molecule has 4 aromatic rings. The Morgan fingerprint density at radius 2 is 1.94 bits per heavy atom. The van der Waals surface area contributed by atoms with E-state index in [4.69, 9.17) is 19.0 Å². The summed E-state index contributed by atoms with van der Waals surface area (Å²) in [6.07, 6.45) is 2.35. The van der Waals surface area contributed by atoms with Gasteiger partial charge in [0.2, 0.25) is 0 Å². The number of anilines is 2. The third kappa shape index (κ3) is 5.33. The predicted molar refractivity (Wildman–Crippen MR) is 126 cm³/mol. The summed E-state index contributed by atoms with van der Waals surface area (Å²) in [5, 5.41) is 12.3. The van der Waals surface area contributed by atoms with Crippen LogP contribution in [0.5, 0.6) is 11.5 Å². The molecule has 1 saturated heterocycles. The molecule has 0 amide bonds. The summed E-state index contributed by atoms with van der Waals surface area (Å²) in [7, 11) is 0. The lowest BCUT2D eigenvalue weighted by molar-refractivity contribution is 0.0384. The van der Waals surface area contributed by atoms with Gasteiger partial charge in [0.05, 0.1) is 13.2 Å². The van der Waals surface area contributed by atoms with E-state index >= 15 is 0 Å². The van der Waals surface area contributed by atoms with Crippen molar-refractivity contribution in [2.24, 2.45) is 0 Å². The zero-order valence-corrected chi connectivity index (χ0v) is 18.4. The van der Waals surface area contributed by atoms with Crippen molar-refractivity contribution >= 4 is 28.8 Å². The number of morpholine rings is 1. The Morgan fingerprint density at radius 1 is 1.09 bits per heavy atom. The number of hydrogen-bond acceptors (Lipinski definition) is 8. The van der Waals surface area contributed by atoms with Crippen molar-refractivity contribution in [3.05, 3.63) is 72.1 Å². The normalized spacial score (nSPS) is 14.2. The van der Waals surface area contributed by atoms with Crippen molar-refractivity contribution in [2.45, 2.75) is 6.42 Å². The van der Waals surface area contributed by atoms with Crippen LogP contribution < -0.4 is 10.1 Å². The fourth-order valence-electron chi connectivity index (χ4n) is 3.79. The molecule has 1 fully saturated rings. The molecule has 0 radical (unpaired) electrons. The van der Waals surface area contributed by atoms with Crippen LogP contribution in [0.1, 0.15) is 16.1 Å². The van der Waals surface area contributed by atoms with Gasteiger partial charge in [-0.2, -0.15) is 4.98 Å². The molecule has 0 spiro atoms. The molecular weight excluding hydrogens is 436 g/mol. The largest absolute Gasteiger partial charge is 0.477 e. The lowest BCUT2D eigenvalue weighted by Gasteiger charge is -2.26. The van der Waals surface area contributed by atoms with Crippen LogP contribution in [0.15, 0.2) is 65.2 Å². The second-order valence-electron chi connectivity index (χ2n) is 7.96. The summed E-state index contributed by atoms with van der Waals surface area (Å²) in [6, 6.07) is 16.8. The highest BCUT2D eigenvalue weighted by Crippen LogP contribution is 2.29. The van der Waals surface area contributed by atoms with E-state index in [-0.39, 0.29) is 5.69 Å². The monoisotopic (exact) mass is 460 g/mol. The Bertz CT molecular complexity index is 1300. The van der Waals surface area contributed by atoms with Gasteiger partial charge in [-0.15, -0.1) is 0 Å². The van der Waals surface area contributed by atoms with Crippen molar-refractivity contribution in [3.8, 4) is 11.5 Å². The molecule has 0 unspecified atom stereocenters. The molecule has 34 heavy (non-hydrogen) atoms. The van der Waals surface area contributed by atoms with Crippen LogP contribution in [0.4, 0.5) is 11.7 Å². The van der Waals surface area contributed by atoms with Gasteiger partial charge in [0.1, 0.15) is 17.0 Å². The third-order valence-electron chi connectivity index (χ3n) is 5.54. The fraction of sp³-hybridized carbons (Fsp3) is 0.240. The van der Waals surface area contributed by atoms with E-state index in [9.17, 15) is 4.79 Å². The van der Waals surface area contributed by atoms with Gasteiger partial charge in [-0.3, -0.25) is 4.90 Å². The number of nitrogens with one attached hydrogen (secondary N) is 1. The minimum Gasteiger partial charge on any atom is -0.477 e. The Hall–Kier alpha value is -3.95. The molecule has 1 aliphatic rings. The highest BCUT2D eigenvalue weighted by molar-refractivity contribution is 5.85. The molecular formula is C25H24N4O5. The first kappa shape index (κ1) is 21.9. The Morgan fingerprint density at radius 3 is 2.79 bits per heavy atom. The maximum absolute atomic E-state index is 11.1. The molecule has 0 saturated carbocycles. The average molecular weight is 460 g/mol. The van der Waals surface area contributed by atoms with Crippen LogP contribution in [0.3, 0.4) is 0 Å². The van der Waals surface area contributed by atoms with Crippen LogP contribution >= 0.6 is 0 Å². The van der Waals surface area contributed by atoms with Crippen LogP contribution in [0.25, 0.3) is 11.1 Å². The number of pyridine rings is 1. The Balaban J connectivity index is 1.26. The summed E-state index contributed by atoms with van der Waals surface area (Å²) in [5.74, 6) is -0.238. The maximum Gasteiger partial charge on any atom is 0.354 e. The van der Waals surface area contributed by atoms with E-state index in [1.807, 2.05) is 12.1 Å². The molecule has 0 atom stereocenters. The van der Waals surface area contributed by atoms with E-state index in [2.05, 4.69) is 32.3 Å². The van der Waals surface area contributed by atoms with Crippen molar-refractivity contribution in [3.63, 3.8) is 0 Å². The first-order chi connectivity index (χ1) is 16.6. The average Bonchev–Trinajstić information content (AvgIpc) is 3.25. The molecule has 2 aromatic carbocycles. The molecule has 0 aliphatic carbocycles. The first-order valence-electron chi connectivity index (χ1n) is 11.1. The molecule has 2 N–H and O–H groups in total. The topological polar surface area (TPSA) is 110 Å². The summed E-state index contributed by atoms with van der Waals surface area (Å²) < 4.78 is 17.1. The van der Waals surface area contributed by atoms with Crippen molar-refractivity contribution in [1.82, 2.24) is 14.9 Å². The van der Waals surface area contributed by atoms with Crippen LogP contribution in [-0.4, -0.2) is 58.8 Å². The van der Waals surface area contributed by atoms with Gasteiger partial charge in [0.15, 0.2) is 11.3 Å². The number of rotatable bonds is 8. The molecule has 5 rings (SSSR count). The second-order valence-corrected chi connectivity index (χ2v) is 7.96. The number of carboxylic acids is 1. The number of nitrogens with zero attached hydrogens (tertiary/aromatic N) is 3. The zero-order chi connectivity index (χ0) is 23.3.